The number of allylic oxidation sites excluding steroid dienone is 1. The molecule has 1 nitrogen and oxygen atoms in total. The smallest absolute Gasteiger partial charge is 0.0836 e. The van der Waals surface area contributed by atoms with Crippen LogP contribution >= 0.6 is 0 Å². The minimum absolute atomic E-state index is 0.335. The van der Waals surface area contributed by atoms with Crippen LogP contribution in [0.15, 0.2) is 12.2 Å². The van der Waals surface area contributed by atoms with Crippen molar-refractivity contribution in [2.75, 3.05) is 0 Å². The van der Waals surface area contributed by atoms with Gasteiger partial charge in [0.15, 0.2) is 0 Å². The van der Waals surface area contributed by atoms with Gasteiger partial charge in [-0.05, 0) is 48.3 Å². The number of fused-ring (bicyclic) bond motifs is 2. The van der Waals surface area contributed by atoms with Gasteiger partial charge in [-0.25, -0.2) is 0 Å². The molecular formula is C16H26O. The number of aliphatic hydroxyl groups is 1. The predicted octanol–water partition coefficient (Wildman–Crippen LogP) is 3.63. The molecule has 0 heterocycles. The fraction of sp³-hybridized carbons (Fsp3) is 0.875. The molecule has 4 rings (SSSR count). The van der Waals surface area contributed by atoms with Crippen molar-refractivity contribution >= 4 is 0 Å². The van der Waals surface area contributed by atoms with Gasteiger partial charge >= 0.3 is 0 Å². The Morgan fingerprint density at radius 1 is 1.18 bits per heavy atom. The van der Waals surface area contributed by atoms with Crippen molar-refractivity contribution in [1.29, 1.82) is 0 Å². The molecule has 0 aromatic heterocycles. The highest BCUT2D eigenvalue weighted by atomic mass is 16.3. The molecule has 96 valence electrons. The summed E-state index contributed by atoms with van der Waals surface area (Å²) in [6.45, 7) is 11.5. The lowest BCUT2D eigenvalue weighted by Gasteiger charge is -2.77. The Labute approximate surface area is 105 Å². The van der Waals surface area contributed by atoms with Crippen molar-refractivity contribution < 1.29 is 5.11 Å². The van der Waals surface area contributed by atoms with Gasteiger partial charge in [0.05, 0.1) is 5.60 Å². The van der Waals surface area contributed by atoms with Crippen LogP contribution in [0.5, 0.6) is 0 Å². The number of hydrogen-bond acceptors (Lipinski definition) is 1. The van der Waals surface area contributed by atoms with Gasteiger partial charge in [-0.3, -0.25) is 0 Å². The molecule has 0 aromatic rings. The Kier molecular flexibility index (Phi) is 2.07. The van der Waals surface area contributed by atoms with Crippen molar-refractivity contribution in [2.45, 2.75) is 53.1 Å². The highest BCUT2D eigenvalue weighted by molar-refractivity contribution is 5.34. The molecular weight excluding hydrogens is 208 g/mol. The summed E-state index contributed by atoms with van der Waals surface area (Å²) in [5.41, 5.74) is 0.0964. The zero-order valence-electron chi connectivity index (χ0n) is 11.8. The van der Waals surface area contributed by atoms with Crippen LogP contribution in [0.4, 0.5) is 0 Å². The van der Waals surface area contributed by atoms with E-state index in [0.29, 0.717) is 22.7 Å². The summed E-state index contributed by atoms with van der Waals surface area (Å²) >= 11 is 0. The van der Waals surface area contributed by atoms with E-state index < -0.39 is 5.60 Å². The standard InChI is InChI=1S/C16H26O/c1-10(2)11-6-7-15(4)13-12(11)14(15,3)8-9-16(13,5)17/h8-13,17H,6-7H2,1-5H3. The van der Waals surface area contributed by atoms with Crippen LogP contribution in [0.25, 0.3) is 0 Å². The van der Waals surface area contributed by atoms with Gasteiger partial charge in [0.1, 0.15) is 0 Å². The summed E-state index contributed by atoms with van der Waals surface area (Å²) < 4.78 is 0. The first-order valence-electron chi connectivity index (χ1n) is 7.17. The van der Waals surface area contributed by atoms with Crippen molar-refractivity contribution in [2.24, 2.45) is 34.5 Å². The fourth-order valence-corrected chi connectivity index (χ4v) is 5.63. The molecule has 0 amide bonds. The third-order valence-electron chi connectivity index (χ3n) is 6.68. The first-order valence-corrected chi connectivity index (χ1v) is 7.17. The van der Waals surface area contributed by atoms with Crippen molar-refractivity contribution in [3.63, 3.8) is 0 Å². The van der Waals surface area contributed by atoms with E-state index in [1.807, 2.05) is 6.92 Å². The zero-order chi connectivity index (χ0) is 12.6. The Balaban J connectivity index is 2.08. The summed E-state index contributed by atoms with van der Waals surface area (Å²) in [5.74, 6) is 2.71. The lowest BCUT2D eigenvalue weighted by Crippen LogP contribution is -2.75. The normalized spacial score (nSPS) is 60.3. The van der Waals surface area contributed by atoms with Crippen LogP contribution in [-0.4, -0.2) is 10.7 Å². The summed E-state index contributed by atoms with van der Waals surface area (Å²) in [6, 6.07) is 0. The molecule has 0 radical (unpaired) electrons. The van der Waals surface area contributed by atoms with Crippen LogP contribution in [0.2, 0.25) is 0 Å². The lowest BCUT2D eigenvalue weighted by molar-refractivity contribution is -0.286. The Bertz CT molecular complexity index is 381. The quantitative estimate of drug-likeness (QED) is 0.687. The molecule has 0 spiro atoms. The van der Waals surface area contributed by atoms with Crippen LogP contribution in [0.3, 0.4) is 0 Å². The van der Waals surface area contributed by atoms with E-state index in [9.17, 15) is 5.11 Å². The molecule has 6 atom stereocenters. The molecule has 0 aromatic carbocycles. The number of hydrogen-bond donors (Lipinski definition) is 1. The second-order valence-electron chi connectivity index (χ2n) is 7.71. The maximum Gasteiger partial charge on any atom is 0.0836 e. The molecule has 0 aliphatic heterocycles. The molecule has 4 aliphatic carbocycles. The van der Waals surface area contributed by atoms with E-state index in [0.717, 1.165) is 11.8 Å². The minimum Gasteiger partial charge on any atom is -0.386 e. The Morgan fingerprint density at radius 2 is 1.82 bits per heavy atom. The van der Waals surface area contributed by atoms with Crippen LogP contribution in [0.1, 0.15) is 47.5 Å². The lowest BCUT2D eigenvalue weighted by atomic mass is 9.27. The van der Waals surface area contributed by atoms with Crippen molar-refractivity contribution in [3.05, 3.63) is 12.2 Å². The third kappa shape index (κ3) is 1.10. The van der Waals surface area contributed by atoms with Gasteiger partial charge in [0.25, 0.3) is 0 Å². The molecule has 0 saturated heterocycles. The molecule has 4 bridgehead atoms. The van der Waals surface area contributed by atoms with Crippen molar-refractivity contribution in [3.8, 4) is 0 Å². The van der Waals surface area contributed by atoms with Gasteiger partial charge < -0.3 is 5.11 Å². The monoisotopic (exact) mass is 234 g/mol. The average molecular weight is 234 g/mol. The molecule has 3 saturated carbocycles. The van der Waals surface area contributed by atoms with Gasteiger partial charge in [-0.1, -0.05) is 39.8 Å². The minimum atomic E-state index is -0.579. The number of rotatable bonds is 1. The van der Waals surface area contributed by atoms with Crippen LogP contribution in [0, 0.1) is 34.5 Å². The van der Waals surface area contributed by atoms with E-state index in [-0.39, 0.29) is 0 Å². The Hall–Kier alpha value is -0.300. The van der Waals surface area contributed by atoms with E-state index in [1.54, 1.807) is 0 Å². The fourth-order valence-electron chi connectivity index (χ4n) is 5.63. The summed E-state index contributed by atoms with van der Waals surface area (Å²) in [5, 5.41) is 10.7. The summed E-state index contributed by atoms with van der Waals surface area (Å²) in [6.07, 6.45) is 7.05. The van der Waals surface area contributed by atoms with Gasteiger partial charge in [-0.2, -0.15) is 0 Å². The largest absolute Gasteiger partial charge is 0.386 e. The molecule has 1 N–H and O–H groups in total. The zero-order valence-corrected chi connectivity index (χ0v) is 11.8. The SMILES string of the molecule is CC(C)C1CCC2(C)C3C1C2(C)C=CC3(C)O. The second-order valence-corrected chi connectivity index (χ2v) is 7.71. The highest BCUT2D eigenvalue weighted by Gasteiger charge is 2.74. The van der Waals surface area contributed by atoms with Gasteiger partial charge in [-0.15, -0.1) is 0 Å². The second kappa shape index (κ2) is 2.99. The molecule has 1 heteroatoms. The first kappa shape index (κ1) is 11.8. The van der Waals surface area contributed by atoms with Gasteiger partial charge in [0, 0.05) is 5.92 Å². The predicted molar refractivity (Wildman–Crippen MR) is 70.5 cm³/mol. The van der Waals surface area contributed by atoms with E-state index in [1.165, 1.54) is 12.8 Å². The topological polar surface area (TPSA) is 20.2 Å². The first-order chi connectivity index (χ1) is 7.74. The average Bonchev–Trinajstić information content (AvgIpc) is 2.22. The maximum atomic E-state index is 10.7. The van der Waals surface area contributed by atoms with Crippen molar-refractivity contribution in [1.82, 2.24) is 0 Å². The Morgan fingerprint density at radius 3 is 2.41 bits per heavy atom. The molecule has 3 fully saturated rings. The maximum absolute atomic E-state index is 10.7. The highest BCUT2D eigenvalue weighted by Crippen LogP contribution is 2.78. The molecule has 17 heavy (non-hydrogen) atoms. The summed E-state index contributed by atoms with van der Waals surface area (Å²) in [4.78, 5) is 0. The molecule has 4 aliphatic rings. The van der Waals surface area contributed by atoms with E-state index >= 15 is 0 Å². The van der Waals surface area contributed by atoms with Crippen LogP contribution < -0.4 is 0 Å². The van der Waals surface area contributed by atoms with E-state index in [4.69, 9.17) is 0 Å². The third-order valence-corrected chi connectivity index (χ3v) is 6.68. The van der Waals surface area contributed by atoms with Crippen LogP contribution in [-0.2, 0) is 0 Å². The summed E-state index contributed by atoms with van der Waals surface area (Å²) in [7, 11) is 0. The van der Waals surface area contributed by atoms with Gasteiger partial charge in [0.2, 0.25) is 0 Å². The molecule has 6 unspecified atom stereocenters. The van der Waals surface area contributed by atoms with E-state index in [2.05, 4.69) is 39.8 Å².